The molecular weight excluding hydrogens is 278 g/mol. The van der Waals surface area contributed by atoms with Gasteiger partial charge in [-0.1, -0.05) is 18.2 Å². The molecule has 0 saturated carbocycles. The van der Waals surface area contributed by atoms with Crippen LogP contribution >= 0.6 is 0 Å². The third-order valence-corrected chi connectivity index (χ3v) is 3.69. The Hall–Kier alpha value is -2.43. The summed E-state index contributed by atoms with van der Waals surface area (Å²) < 4.78 is 5.84. The lowest BCUT2D eigenvalue weighted by atomic mass is 10.2. The Balaban J connectivity index is 1.64. The predicted molar refractivity (Wildman–Crippen MR) is 82.9 cm³/mol. The van der Waals surface area contributed by atoms with Gasteiger partial charge >= 0.3 is 6.01 Å². The van der Waals surface area contributed by atoms with Crippen molar-refractivity contribution in [1.82, 2.24) is 14.9 Å². The molecule has 1 atom stereocenters. The van der Waals surface area contributed by atoms with Crippen molar-refractivity contribution in [3.05, 3.63) is 53.3 Å². The number of aryl methyl sites for hydroxylation is 2. The number of rotatable bonds is 3. The number of hydrogen-bond donors (Lipinski definition) is 0. The van der Waals surface area contributed by atoms with Crippen LogP contribution in [0.4, 0.5) is 0 Å². The van der Waals surface area contributed by atoms with Crippen molar-refractivity contribution in [3.63, 3.8) is 0 Å². The van der Waals surface area contributed by atoms with Gasteiger partial charge in [-0.25, -0.2) is 9.97 Å². The van der Waals surface area contributed by atoms with Gasteiger partial charge in [0, 0.05) is 29.9 Å². The summed E-state index contributed by atoms with van der Waals surface area (Å²) in [5.74, 6) is 0.0491. The van der Waals surface area contributed by atoms with Crippen molar-refractivity contribution in [2.75, 3.05) is 13.1 Å². The molecule has 0 radical (unpaired) electrons. The lowest BCUT2D eigenvalue weighted by molar-refractivity contribution is 0.0769. The van der Waals surface area contributed by atoms with E-state index in [4.69, 9.17) is 4.74 Å². The molecule has 0 N–H and O–H groups in total. The second-order valence-corrected chi connectivity index (χ2v) is 5.58. The van der Waals surface area contributed by atoms with E-state index in [1.807, 2.05) is 55.1 Å². The van der Waals surface area contributed by atoms with Gasteiger partial charge in [0.15, 0.2) is 0 Å². The number of ether oxygens (including phenoxy) is 1. The summed E-state index contributed by atoms with van der Waals surface area (Å²) in [6.07, 6.45) is 0.753. The number of hydrogen-bond acceptors (Lipinski definition) is 4. The smallest absolute Gasteiger partial charge is 0.317 e. The summed E-state index contributed by atoms with van der Waals surface area (Å²) in [6.45, 7) is 5.11. The summed E-state index contributed by atoms with van der Waals surface area (Å²) >= 11 is 0. The summed E-state index contributed by atoms with van der Waals surface area (Å²) in [5.41, 5.74) is 2.49. The van der Waals surface area contributed by atoms with Crippen LogP contribution in [0, 0.1) is 13.8 Å². The van der Waals surface area contributed by atoms with E-state index < -0.39 is 0 Å². The first-order valence-electron chi connectivity index (χ1n) is 7.45. The standard InChI is InChI=1S/C17H19N3O2/c1-12-10-13(2)19-17(18-12)22-15-8-9-20(11-15)16(21)14-6-4-3-5-7-14/h3-7,10,15H,8-9,11H2,1-2H3/t15-/m0/s1. The fraction of sp³-hybridized carbons (Fsp3) is 0.353. The lowest BCUT2D eigenvalue weighted by Crippen LogP contribution is -2.31. The second-order valence-electron chi connectivity index (χ2n) is 5.58. The molecule has 1 aliphatic rings. The highest BCUT2D eigenvalue weighted by Gasteiger charge is 2.28. The predicted octanol–water partition coefficient (Wildman–Crippen LogP) is 2.39. The monoisotopic (exact) mass is 297 g/mol. The van der Waals surface area contributed by atoms with Crippen molar-refractivity contribution < 1.29 is 9.53 Å². The summed E-state index contributed by atoms with van der Waals surface area (Å²) in [5, 5.41) is 0. The Morgan fingerprint density at radius 1 is 1.18 bits per heavy atom. The highest BCUT2D eigenvalue weighted by Crippen LogP contribution is 2.18. The van der Waals surface area contributed by atoms with Crippen LogP contribution in [-0.2, 0) is 0 Å². The molecule has 0 spiro atoms. The van der Waals surface area contributed by atoms with Crippen molar-refractivity contribution in [2.45, 2.75) is 26.4 Å². The molecule has 1 fully saturated rings. The third kappa shape index (κ3) is 3.24. The zero-order chi connectivity index (χ0) is 15.5. The van der Waals surface area contributed by atoms with Gasteiger partial charge in [0.2, 0.25) is 0 Å². The van der Waals surface area contributed by atoms with E-state index in [1.165, 1.54) is 0 Å². The van der Waals surface area contributed by atoms with E-state index in [1.54, 1.807) is 0 Å². The van der Waals surface area contributed by atoms with Crippen LogP contribution in [0.15, 0.2) is 36.4 Å². The van der Waals surface area contributed by atoms with Crippen LogP contribution in [0.5, 0.6) is 6.01 Å². The quantitative estimate of drug-likeness (QED) is 0.873. The number of carbonyl (C=O) groups excluding carboxylic acids is 1. The molecule has 0 aliphatic carbocycles. The maximum Gasteiger partial charge on any atom is 0.317 e. The van der Waals surface area contributed by atoms with Gasteiger partial charge in [-0.2, -0.15) is 0 Å². The molecule has 1 aliphatic heterocycles. The SMILES string of the molecule is Cc1cc(C)nc(O[C@H]2CCN(C(=O)c3ccccc3)C2)n1. The summed E-state index contributed by atoms with van der Waals surface area (Å²) in [4.78, 5) is 22.8. The van der Waals surface area contributed by atoms with Gasteiger partial charge in [-0.3, -0.25) is 4.79 Å². The van der Waals surface area contributed by atoms with Crippen LogP contribution in [0.25, 0.3) is 0 Å². The molecule has 1 aromatic carbocycles. The van der Waals surface area contributed by atoms with Gasteiger partial charge in [0.1, 0.15) is 6.10 Å². The van der Waals surface area contributed by atoms with E-state index >= 15 is 0 Å². The summed E-state index contributed by atoms with van der Waals surface area (Å²) in [7, 11) is 0. The molecule has 3 rings (SSSR count). The zero-order valence-electron chi connectivity index (χ0n) is 12.8. The average Bonchev–Trinajstić information content (AvgIpc) is 2.95. The summed E-state index contributed by atoms with van der Waals surface area (Å²) in [6, 6.07) is 11.6. The largest absolute Gasteiger partial charge is 0.458 e. The van der Waals surface area contributed by atoms with E-state index in [9.17, 15) is 4.79 Å². The van der Waals surface area contributed by atoms with E-state index in [-0.39, 0.29) is 12.0 Å². The maximum atomic E-state index is 12.4. The van der Waals surface area contributed by atoms with Crippen LogP contribution < -0.4 is 4.74 Å². The van der Waals surface area contributed by atoms with Gasteiger partial charge in [-0.05, 0) is 32.0 Å². The molecule has 22 heavy (non-hydrogen) atoms. The molecule has 5 heteroatoms. The Kier molecular flexibility index (Phi) is 4.04. The second kappa shape index (κ2) is 6.13. The highest BCUT2D eigenvalue weighted by molar-refractivity contribution is 5.94. The molecule has 0 unspecified atom stereocenters. The molecule has 2 heterocycles. The van der Waals surface area contributed by atoms with Gasteiger partial charge in [0.25, 0.3) is 5.91 Å². The van der Waals surface area contributed by atoms with Gasteiger partial charge in [-0.15, -0.1) is 0 Å². The lowest BCUT2D eigenvalue weighted by Gasteiger charge is -2.17. The fourth-order valence-corrected chi connectivity index (χ4v) is 2.67. The Bertz CT molecular complexity index is 653. The van der Waals surface area contributed by atoms with Crippen molar-refractivity contribution in [3.8, 4) is 6.01 Å². The number of carbonyl (C=O) groups is 1. The van der Waals surface area contributed by atoms with Crippen molar-refractivity contribution in [1.29, 1.82) is 0 Å². The minimum Gasteiger partial charge on any atom is -0.458 e. The molecule has 2 aromatic rings. The normalized spacial score (nSPS) is 17.5. The average molecular weight is 297 g/mol. The topological polar surface area (TPSA) is 55.3 Å². The Morgan fingerprint density at radius 2 is 1.86 bits per heavy atom. The highest BCUT2D eigenvalue weighted by atomic mass is 16.5. The van der Waals surface area contributed by atoms with Gasteiger partial charge < -0.3 is 9.64 Å². The third-order valence-electron chi connectivity index (χ3n) is 3.69. The first-order valence-corrected chi connectivity index (χ1v) is 7.45. The number of nitrogens with zero attached hydrogens (tertiary/aromatic N) is 3. The number of likely N-dealkylation sites (tertiary alicyclic amines) is 1. The fourth-order valence-electron chi connectivity index (χ4n) is 2.67. The maximum absolute atomic E-state index is 12.4. The van der Waals surface area contributed by atoms with Crippen LogP contribution in [0.1, 0.15) is 28.2 Å². The molecule has 1 amide bonds. The first-order chi connectivity index (χ1) is 10.6. The van der Waals surface area contributed by atoms with Crippen LogP contribution in [-0.4, -0.2) is 40.0 Å². The molecule has 1 saturated heterocycles. The van der Waals surface area contributed by atoms with E-state index in [2.05, 4.69) is 9.97 Å². The van der Waals surface area contributed by atoms with Gasteiger partial charge in [0.05, 0.1) is 6.54 Å². The minimum absolute atomic E-state index is 0.0473. The first kappa shape index (κ1) is 14.5. The molecule has 114 valence electrons. The zero-order valence-corrected chi connectivity index (χ0v) is 12.8. The van der Waals surface area contributed by atoms with Crippen molar-refractivity contribution in [2.24, 2.45) is 0 Å². The molecule has 0 bridgehead atoms. The molecule has 1 aromatic heterocycles. The number of benzene rings is 1. The molecular formula is C17H19N3O2. The van der Waals surface area contributed by atoms with Crippen molar-refractivity contribution >= 4 is 5.91 Å². The van der Waals surface area contributed by atoms with Crippen LogP contribution in [0.3, 0.4) is 0 Å². The Labute approximate surface area is 130 Å². The van der Waals surface area contributed by atoms with Crippen LogP contribution in [0.2, 0.25) is 0 Å². The van der Waals surface area contributed by atoms with E-state index in [0.717, 1.165) is 17.8 Å². The Morgan fingerprint density at radius 3 is 2.55 bits per heavy atom. The van der Waals surface area contributed by atoms with E-state index in [0.29, 0.717) is 24.7 Å². The number of aromatic nitrogens is 2. The minimum atomic E-state index is -0.0473. The molecule has 5 nitrogen and oxygen atoms in total. The number of amides is 1.